The maximum Gasteiger partial charge on any atom is 0.258 e. The zero-order valence-electron chi connectivity index (χ0n) is 13.2. The third-order valence-corrected chi connectivity index (χ3v) is 3.63. The SMILES string of the molecule is N#Cc1cccc(Nc2ncc(C(=O)Nc3ccc(F)c(Cl)c3)cn2)c1. The van der Waals surface area contributed by atoms with Crippen LogP contribution in [0.2, 0.25) is 5.02 Å². The summed E-state index contributed by atoms with van der Waals surface area (Å²) in [5, 5.41) is 14.3. The molecule has 0 saturated heterocycles. The lowest BCUT2D eigenvalue weighted by Crippen LogP contribution is -2.13. The topological polar surface area (TPSA) is 90.7 Å². The molecule has 2 N–H and O–H groups in total. The van der Waals surface area contributed by atoms with Gasteiger partial charge in [0.1, 0.15) is 5.82 Å². The van der Waals surface area contributed by atoms with E-state index in [2.05, 4.69) is 20.6 Å². The van der Waals surface area contributed by atoms with Crippen molar-refractivity contribution in [1.82, 2.24) is 9.97 Å². The van der Waals surface area contributed by atoms with Crippen LogP contribution in [0.4, 0.5) is 21.7 Å². The van der Waals surface area contributed by atoms with E-state index in [0.29, 0.717) is 16.9 Å². The molecule has 6 nitrogen and oxygen atoms in total. The molecule has 8 heteroatoms. The van der Waals surface area contributed by atoms with Crippen molar-refractivity contribution < 1.29 is 9.18 Å². The smallest absolute Gasteiger partial charge is 0.258 e. The van der Waals surface area contributed by atoms with Gasteiger partial charge in [0.05, 0.1) is 22.2 Å². The van der Waals surface area contributed by atoms with Gasteiger partial charge in [-0.2, -0.15) is 5.26 Å². The Kier molecular flexibility index (Phi) is 5.06. The molecule has 0 aliphatic rings. The number of rotatable bonds is 4. The lowest BCUT2D eigenvalue weighted by atomic mass is 10.2. The molecule has 0 fully saturated rings. The Bertz CT molecular complexity index is 1000. The molecule has 1 aromatic heterocycles. The fraction of sp³-hybridized carbons (Fsp3) is 0. The minimum atomic E-state index is -0.566. The predicted octanol–water partition coefficient (Wildman–Crippen LogP) is 4.14. The predicted molar refractivity (Wildman–Crippen MR) is 95.8 cm³/mol. The summed E-state index contributed by atoms with van der Waals surface area (Å²) in [6.45, 7) is 0. The van der Waals surface area contributed by atoms with E-state index in [-0.39, 0.29) is 16.5 Å². The fourth-order valence-corrected chi connectivity index (χ4v) is 2.26. The van der Waals surface area contributed by atoms with Crippen molar-refractivity contribution >= 4 is 34.8 Å². The molecule has 2 aromatic carbocycles. The summed E-state index contributed by atoms with van der Waals surface area (Å²) in [6, 6.07) is 12.8. The number of hydrogen-bond donors (Lipinski definition) is 2. The van der Waals surface area contributed by atoms with Crippen LogP contribution in [0.15, 0.2) is 54.9 Å². The number of carbonyl (C=O) groups excluding carboxylic acids is 1. The van der Waals surface area contributed by atoms with Crippen molar-refractivity contribution in [2.75, 3.05) is 10.6 Å². The quantitative estimate of drug-likeness (QED) is 0.723. The second-order valence-electron chi connectivity index (χ2n) is 5.20. The molecule has 0 aliphatic heterocycles. The Morgan fingerprint density at radius 3 is 2.58 bits per heavy atom. The lowest BCUT2D eigenvalue weighted by molar-refractivity contribution is 0.102. The van der Waals surface area contributed by atoms with E-state index in [0.717, 1.165) is 6.07 Å². The number of nitrogens with zero attached hydrogens (tertiary/aromatic N) is 3. The van der Waals surface area contributed by atoms with Crippen molar-refractivity contribution in [2.24, 2.45) is 0 Å². The second-order valence-corrected chi connectivity index (χ2v) is 5.60. The van der Waals surface area contributed by atoms with Gasteiger partial charge in [-0.15, -0.1) is 0 Å². The zero-order valence-corrected chi connectivity index (χ0v) is 14.0. The van der Waals surface area contributed by atoms with E-state index < -0.39 is 11.7 Å². The molecule has 0 unspecified atom stereocenters. The molecule has 26 heavy (non-hydrogen) atoms. The summed E-state index contributed by atoms with van der Waals surface area (Å²) in [5.74, 6) is -0.740. The van der Waals surface area contributed by atoms with Crippen LogP contribution in [0.25, 0.3) is 0 Å². The van der Waals surface area contributed by atoms with E-state index in [4.69, 9.17) is 16.9 Å². The number of aromatic nitrogens is 2. The highest BCUT2D eigenvalue weighted by Gasteiger charge is 2.09. The number of carbonyl (C=O) groups is 1. The molecule has 1 amide bonds. The zero-order chi connectivity index (χ0) is 18.5. The van der Waals surface area contributed by atoms with Crippen molar-refractivity contribution in [3.05, 3.63) is 76.8 Å². The largest absolute Gasteiger partial charge is 0.324 e. The van der Waals surface area contributed by atoms with Crippen LogP contribution in [0.5, 0.6) is 0 Å². The van der Waals surface area contributed by atoms with Gasteiger partial charge in [-0.25, -0.2) is 14.4 Å². The maximum atomic E-state index is 13.1. The summed E-state index contributed by atoms with van der Waals surface area (Å²) < 4.78 is 13.1. The average molecular weight is 368 g/mol. The monoisotopic (exact) mass is 367 g/mol. The molecule has 1 heterocycles. The van der Waals surface area contributed by atoms with E-state index >= 15 is 0 Å². The summed E-state index contributed by atoms with van der Waals surface area (Å²) in [6.07, 6.45) is 2.70. The number of hydrogen-bond acceptors (Lipinski definition) is 5. The minimum absolute atomic E-state index is 0.0850. The van der Waals surface area contributed by atoms with Crippen molar-refractivity contribution in [3.8, 4) is 6.07 Å². The van der Waals surface area contributed by atoms with Gasteiger partial charge in [0.25, 0.3) is 5.91 Å². The highest BCUT2D eigenvalue weighted by atomic mass is 35.5. The number of halogens is 2. The van der Waals surface area contributed by atoms with Gasteiger partial charge < -0.3 is 10.6 Å². The molecular formula is C18H11ClFN5O. The van der Waals surface area contributed by atoms with E-state index in [1.807, 2.05) is 6.07 Å². The summed E-state index contributed by atoms with van der Waals surface area (Å²) >= 11 is 5.68. The van der Waals surface area contributed by atoms with Gasteiger partial charge in [0, 0.05) is 23.8 Å². The van der Waals surface area contributed by atoms with Gasteiger partial charge in [-0.3, -0.25) is 4.79 Å². The Labute approximate surface area is 153 Å². The Hall–Kier alpha value is -3.50. The van der Waals surface area contributed by atoms with E-state index in [1.165, 1.54) is 24.5 Å². The van der Waals surface area contributed by atoms with Gasteiger partial charge in [-0.05, 0) is 36.4 Å². The van der Waals surface area contributed by atoms with Crippen LogP contribution >= 0.6 is 11.6 Å². The first kappa shape index (κ1) is 17.3. The number of anilines is 3. The number of nitriles is 1. The van der Waals surface area contributed by atoms with Crippen LogP contribution in [0.3, 0.4) is 0 Å². The molecule has 0 aliphatic carbocycles. The normalized spacial score (nSPS) is 10.0. The highest BCUT2D eigenvalue weighted by molar-refractivity contribution is 6.31. The van der Waals surface area contributed by atoms with Crippen LogP contribution in [0.1, 0.15) is 15.9 Å². The first-order valence-electron chi connectivity index (χ1n) is 7.41. The molecule has 0 bridgehead atoms. The highest BCUT2D eigenvalue weighted by Crippen LogP contribution is 2.20. The Morgan fingerprint density at radius 1 is 1.12 bits per heavy atom. The summed E-state index contributed by atoms with van der Waals surface area (Å²) in [7, 11) is 0. The third kappa shape index (κ3) is 4.12. The molecule has 0 atom stereocenters. The van der Waals surface area contributed by atoms with Gasteiger partial charge in [0.2, 0.25) is 5.95 Å². The first-order chi connectivity index (χ1) is 12.5. The van der Waals surface area contributed by atoms with Crippen LogP contribution < -0.4 is 10.6 Å². The fourth-order valence-electron chi connectivity index (χ4n) is 2.08. The van der Waals surface area contributed by atoms with Crippen molar-refractivity contribution in [3.63, 3.8) is 0 Å². The maximum absolute atomic E-state index is 13.1. The van der Waals surface area contributed by atoms with E-state index in [9.17, 15) is 9.18 Å². The molecule has 0 saturated carbocycles. The Balaban J connectivity index is 1.69. The van der Waals surface area contributed by atoms with Crippen molar-refractivity contribution in [2.45, 2.75) is 0 Å². The first-order valence-corrected chi connectivity index (χ1v) is 7.78. The lowest BCUT2D eigenvalue weighted by Gasteiger charge is -2.07. The average Bonchev–Trinajstić information content (AvgIpc) is 2.65. The molecule has 128 valence electrons. The molecule has 0 radical (unpaired) electrons. The molecular weight excluding hydrogens is 357 g/mol. The number of benzene rings is 2. The standard InChI is InChI=1S/C18H11ClFN5O/c19-15-7-14(4-5-16(15)20)24-17(26)12-9-22-18(23-10-12)25-13-3-1-2-11(6-13)8-21/h1-7,9-10H,(H,24,26)(H,22,23,25). The van der Waals surface area contributed by atoms with Gasteiger partial charge in [0.15, 0.2) is 0 Å². The summed E-state index contributed by atoms with van der Waals surface area (Å²) in [5.41, 5.74) is 1.74. The van der Waals surface area contributed by atoms with E-state index in [1.54, 1.807) is 24.3 Å². The molecule has 3 rings (SSSR count). The number of nitrogens with one attached hydrogen (secondary N) is 2. The number of amides is 1. The van der Waals surface area contributed by atoms with Crippen LogP contribution in [-0.4, -0.2) is 15.9 Å². The van der Waals surface area contributed by atoms with Crippen molar-refractivity contribution in [1.29, 1.82) is 5.26 Å². The van der Waals surface area contributed by atoms with Gasteiger partial charge in [-0.1, -0.05) is 17.7 Å². The summed E-state index contributed by atoms with van der Waals surface area (Å²) in [4.78, 5) is 20.3. The Morgan fingerprint density at radius 2 is 1.88 bits per heavy atom. The third-order valence-electron chi connectivity index (χ3n) is 3.34. The minimum Gasteiger partial charge on any atom is -0.324 e. The molecule has 3 aromatic rings. The molecule has 0 spiro atoms. The van der Waals surface area contributed by atoms with Crippen LogP contribution in [-0.2, 0) is 0 Å². The van der Waals surface area contributed by atoms with Crippen LogP contribution in [0, 0.1) is 17.1 Å². The second kappa shape index (κ2) is 7.59. The van der Waals surface area contributed by atoms with Gasteiger partial charge >= 0.3 is 0 Å².